The van der Waals surface area contributed by atoms with E-state index in [0.717, 1.165) is 60.2 Å². The summed E-state index contributed by atoms with van der Waals surface area (Å²) in [4.78, 5) is 22.2. The first-order chi connectivity index (χ1) is 18.1. The molecule has 1 aliphatic rings. The fourth-order valence-corrected chi connectivity index (χ4v) is 5.49. The highest BCUT2D eigenvalue weighted by atomic mass is 127. The Kier molecular flexibility index (Phi) is 10.6. The number of anilines is 1. The van der Waals surface area contributed by atoms with Crippen LogP contribution in [0.5, 0.6) is 11.5 Å². The first-order valence-corrected chi connectivity index (χ1v) is 14.6. The predicted octanol–water partition coefficient (Wildman–Crippen LogP) is 7.52. The molecule has 204 valence electrons. The van der Waals surface area contributed by atoms with Crippen LogP contribution in [0, 0.1) is 0 Å². The Bertz CT molecular complexity index is 1280. The third-order valence-corrected chi connectivity index (χ3v) is 7.82. The Labute approximate surface area is 254 Å². The average Bonchev–Trinajstić information content (AvgIpc) is 3.29. The van der Waals surface area contributed by atoms with Crippen molar-refractivity contribution in [2.75, 3.05) is 22.1 Å². The van der Waals surface area contributed by atoms with Gasteiger partial charge in [0.25, 0.3) is 0 Å². The van der Waals surface area contributed by atoms with Gasteiger partial charge in [0.1, 0.15) is 11.5 Å². The summed E-state index contributed by atoms with van der Waals surface area (Å²) in [6.45, 7) is 12.9. The Morgan fingerprint density at radius 1 is 1.13 bits per heavy atom. The first-order valence-electron chi connectivity index (χ1n) is 12.7. The van der Waals surface area contributed by atoms with Gasteiger partial charge in [-0.2, -0.15) is 0 Å². The van der Waals surface area contributed by atoms with Crippen LogP contribution in [0.1, 0.15) is 51.7 Å². The van der Waals surface area contributed by atoms with Gasteiger partial charge in [0.15, 0.2) is 0 Å². The number of ether oxygens (including phenoxy) is 2. The molecular formula is C29H36I2N4O3. The van der Waals surface area contributed by atoms with Gasteiger partial charge in [-0.3, -0.25) is 4.79 Å². The van der Waals surface area contributed by atoms with Crippen molar-refractivity contribution in [1.82, 2.24) is 14.9 Å². The van der Waals surface area contributed by atoms with Crippen LogP contribution in [-0.2, 0) is 17.6 Å². The second kappa shape index (κ2) is 13.3. The Morgan fingerprint density at radius 2 is 1.76 bits per heavy atom. The number of halogens is 2. The number of methoxy groups -OCH3 is 2. The SMILES string of the molecule is C=CC(=O)N1CCCC1(C)C.CCc1c(OC)cc(OC)c(CC)c1-c1ccc2nc(N(I)I)ncc2c1. The normalized spacial score (nSPS) is 14.1. The van der Waals surface area contributed by atoms with Crippen LogP contribution in [0.4, 0.5) is 5.95 Å². The molecule has 1 aromatic heterocycles. The van der Waals surface area contributed by atoms with Gasteiger partial charge in [-0.05, 0) is 68.9 Å². The highest BCUT2D eigenvalue weighted by Crippen LogP contribution is 2.41. The quantitative estimate of drug-likeness (QED) is 0.142. The van der Waals surface area contributed by atoms with Gasteiger partial charge in [0, 0.05) is 40.9 Å². The number of hydrogen-bond acceptors (Lipinski definition) is 6. The maximum absolute atomic E-state index is 11.2. The van der Waals surface area contributed by atoms with Crippen LogP contribution in [0.15, 0.2) is 43.1 Å². The molecule has 0 bridgehead atoms. The summed E-state index contributed by atoms with van der Waals surface area (Å²) in [7, 11) is 3.41. The summed E-state index contributed by atoms with van der Waals surface area (Å²) < 4.78 is 13.2. The van der Waals surface area contributed by atoms with E-state index in [1.54, 1.807) is 14.2 Å². The standard InChI is InChI=1S/C20H21I2N3O2.C9H15NO/c1-5-14-17(26-3)10-18(27-4)15(6-2)19(14)12-7-8-16-13(9-12)11-23-20(24-16)25(21)22;1-4-8(11)10-7-5-6-9(10,2)3/h7-11H,5-6H2,1-4H3;4H,1,5-7H2,2-3H3. The summed E-state index contributed by atoms with van der Waals surface area (Å²) in [6, 6.07) is 8.32. The smallest absolute Gasteiger partial charge is 0.246 e. The summed E-state index contributed by atoms with van der Waals surface area (Å²) in [5.74, 6) is 2.47. The van der Waals surface area contributed by atoms with Crippen LogP contribution in [0.25, 0.3) is 22.0 Å². The fourth-order valence-electron chi connectivity index (χ4n) is 5.02. The van der Waals surface area contributed by atoms with E-state index in [4.69, 9.17) is 9.47 Å². The summed E-state index contributed by atoms with van der Waals surface area (Å²) >= 11 is 4.32. The molecule has 1 fully saturated rings. The Hall–Kier alpha value is -2.15. The number of rotatable bonds is 7. The second-order valence-corrected chi connectivity index (χ2v) is 13.4. The molecule has 38 heavy (non-hydrogen) atoms. The van der Waals surface area contributed by atoms with E-state index in [-0.39, 0.29) is 11.4 Å². The lowest BCUT2D eigenvalue weighted by Gasteiger charge is -2.30. The molecule has 0 unspecified atom stereocenters. The topological polar surface area (TPSA) is 67.8 Å². The fraction of sp³-hybridized carbons (Fsp3) is 0.414. The van der Waals surface area contributed by atoms with E-state index in [1.807, 2.05) is 18.5 Å². The number of carbonyl (C=O) groups is 1. The van der Waals surface area contributed by atoms with Crippen LogP contribution >= 0.6 is 45.7 Å². The van der Waals surface area contributed by atoms with E-state index in [9.17, 15) is 4.79 Å². The molecule has 2 aromatic carbocycles. The minimum atomic E-state index is 0.0469. The van der Waals surface area contributed by atoms with E-state index in [1.165, 1.54) is 22.8 Å². The number of benzene rings is 2. The molecule has 1 amide bonds. The van der Waals surface area contributed by atoms with Crippen LogP contribution < -0.4 is 10.8 Å². The van der Waals surface area contributed by atoms with Gasteiger partial charge in [0.05, 0.1) is 65.5 Å². The van der Waals surface area contributed by atoms with Crippen molar-refractivity contribution in [3.8, 4) is 22.6 Å². The molecule has 9 heteroatoms. The van der Waals surface area contributed by atoms with Crippen molar-refractivity contribution in [2.45, 2.75) is 58.9 Å². The maximum atomic E-state index is 11.2. The van der Waals surface area contributed by atoms with Gasteiger partial charge in [0.2, 0.25) is 11.9 Å². The molecule has 0 aliphatic carbocycles. The molecular weight excluding hydrogens is 706 g/mol. The lowest BCUT2D eigenvalue weighted by atomic mass is 9.89. The monoisotopic (exact) mass is 742 g/mol. The van der Waals surface area contributed by atoms with Crippen molar-refractivity contribution < 1.29 is 14.3 Å². The zero-order chi connectivity index (χ0) is 28.0. The van der Waals surface area contributed by atoms with Gasteiger partial charge >= 0.3 is 0 Å². The number of fused-ring (bicyclic) bond motifs is 1. The number of aromatic nitrogens is 2. The molecule has 1 saturated heterocycles. The number of carbonyl (C=O) groups excluding carboxylic acids is 1. The van der Waals surface area contributed by atoms with Crippen molar-refractivity contribution >= 4 is 68.5 Å². The van der Waals surface area contributed by atoms with E-state index >= 15 is 0 Å². The lowest BCUT2D eigenvalue weighted by Crippen LogP contribution is -2.41. The first kappa shape index (κ1) is 30.4. The second-order valence-electron chi connectivity index (χ2n) is 9.61. The number of amides is 1. The van der Waals surface area contributed by atoms with Gasteiger partial charge in [-0.25, -0.2) is 11.3 Å². The van der Waals surface area contributed by atoms with Crippen LogP contribution in [0.2, 0.25) is 0 Å². The van der Waals surface area contributed by atoms with Crippen molar-refractivity contribution in [1.29, 1.82) is 0 Å². The molecule has 1 aliphatic heterocycles. The molecule has 0 atom stereocenters. The lowest BCUT2D eigenvalue weighted by molar-refractivity contribution is -0.128. The molecule has 0 N–H and O–H groups in total. The molecule has 4 rings (SSSR count). The minimum Gasteiger partial charge on any atom is -0.496 e. The number of nitrogens with zero attached hydrogens (tertiary/aromatic N) is 4. The minimum absolute atomic E-state index is 0.0469. The van der Waals surface area contributed by atoms with E-state index in [2.05, 4.69) is 108 Å². The number of hydrogen-bond donors (Lipinski definition) is 0. The molecule has 0 spiro atoms. The van der Waals surface area contributed by atoms with Crippen molar-refractivity contribution in [2.24, 2.45) is 0 Å². The Morgan fingerprint density at radius 3 is 2.24 bits per heavy atom. The summed E-state index contributed by atoms with van der Waals surface area (Å²) in [5.41, 5.74) is 5.67. The largest absolute Gasteiger partial charge is 0.496 e. The highest BCUT2D eigenvalue weighted by molar-refractivity contribution is 14.2. The van der Waals surface area contributed by atoms with Crippen molar-refractivity contribution in [3.63, 3.8) is 0 Å². The molecule has 3 aromatic rings. The third kappa shape index (κ3) is 6.52. The highest BCUT2D eigenvalue weighted by Gasteiger charge is 2.33. The zero-order valence-electron chi connectivity index (χ0n) is 23.0. The van der Waals surface area contributed by atoms with E-state index in [0.29, 0.717) is 5.95 Å². The zero-order valence-corrected chi connectivity index (χ0v) is 27.3. The summed E-state index contributed by atoms with van der Waals surface area (Å²) in [5, 5.41) is 1.01. The van der Waals surface area contributed by atoms with Crippen molar-refractivity contribution in [3.05, 3.63) is 54.2 Å². The number of likely N-dealkylation sites (tertiary alicyclic amines) is 1. The maximum Gasteiger partial charge on any atom is 0.246 e. The van der Waals surface area contributed by atoms with Crippen LogP contribution in [-0.4, -0.2) is 47.1 Å². The molecule has 2 heterocycles. The van der Waals surface area contributed by atoms with Gasteiger partial charge < -0.3 is 14.4 Å². The Balaban J connectivity index is 0.000000304. The summed E-state index contributed by atoms with van der Waals surface area (Å²) in [6.07, 6.45) is 7.25. The van der Waals surface area contributed by atoms with E-state index < -0.39 is 0 Å². The van der Waals surface area contributed by atoms with Gasteiger partial charge in [-0.15, -0.1) is 0 Å². The predicted molar refractivity (Wildman–Crippen MR) is 173 cm³/mol. The molecule has 0 radical (unpaired) electrons. The van der Waals surface area contributed by atoms with Gasteiger partial charge in [-0.1, -0.05) is 26.5 Å². The average molecular weight is 742 g/mol. The van der Waals surface area contributed by atoms with Crippen LogP contribution in [0.3, 0.4) is 0 Å². The third-order valence-electron chi connectivity index (χ3n) is 6.96. The molecule has 7 nitrogen and oxygen atoms in total. The molecule has 0 saturated carbocycles.